The van der Waals surface area contributed by atoms with Gasteiger partial charge in [-0.15, -0.1) is 0 Å². The average molecular weight is 341 g/mol. The molecule has 130 valence electrons. The zero-order valence-electron chi connectivity index (χ0n) is 13.6. The van der Waals surface area contributed by atoms with E-state index in [1.807, 2.05) is 6.07 Å². The fourth-order valence-electron chi connectivity index (χ4n) is 2.16. The van der Waals surface area contributed by atoms with Crippen LogP contribution in [0.3, 0.4) is 0 Å². The Bertz CT molecular complexity index is 740. The minimum absolute atomic E-state index is 0.0249. The van der Waals surface area contributed by atoms with E-state index in [2.05, 4.69) is 5.32 Å². The summed E-state index contributed by atoms with van der Waals surface area (Å²) >= 11 is 0. The number of ether oxygens (including phenoxy) is 1. The summed E-state index contributed by atoms with van der Waals surface area (Å²) in [6, 6.07) is 13.8. The van der Waals surface area contributed by atoms with E-state index in [-0.39, 0.29) is 12.3 Å². The molecule has 0 atom stereocenters. The largest absolute Gasteiger partial charge is 0.489 e. The van der Waals surface area contributed by atoms with E-state index in [0.717, 1.165) is 11.8 Å². The Morgan fingerprint density at radius 3 is 2.56 bits per heavy atom. The van der Waals surface area contributed by atoms with E-state index in [1.165, 1.54) is 0 Å². The first-order chi connectivity index (χ1) is 12.1. The molecular formula is C19H19NO5. The summed E-state index contributed by atoms with van der Waals surface area (Å²) in [4.78, 5) is 33.1. The lowest BCUT2D eigenvalue weighted by Gasteiger charge is -2.09. The van der Waals surface area contributed by atoms with Crippen LogP contribution in [0, 0.1) is 0 Å². The lowest BCUT2D eigenvalue weighted by atomic mass is 10.1. The number of amides is 1. The first-order valence-corrected chi connectivity index (χ1v) is 7.85. The molecule has 2 aromatic rings. The number of carboxylic acids is 1. The summed E-state index contributed by atoms with van der Waals surface area (Å²) < 4.78 is 5.64. The second-order valence-corrected chi connectivity index (χ2v) is 5.43. The Kier molecular flexibility index (Phi) is 6.71. The molecule has 0 radical (unpaired) electrons. The summed E-state index contributed by atoms with van der Waals surface area (Å²) in [5, 5.41) is 11.3. The van der Waals surface area contributed by atoms with E-state index in [0.29, 0.717) is 36.4 Å². The van der Waals surface area contributed by atoms with Gasteiger partial charge in [0.2, 0.25) is 0 Å². The van der Waals surface area contributed by atoms with Crippen molar-refractivity contribution >= 4 is 18.2 Å². The zero-order valence-corrected chi connectivity index (χ0v) is 13.6. The highest BCUT2D eigenvalue weighted by molar-refractivity contribution is 5.94. The molecule has 1 amide bonds. The minimum atomic E-state index is -0.880. The molecular weight excluding hydrogens is 322 g/mol. The van der Waals surface area contributed by atoms with Gasteiger partial charge in [-0.25, -0.2) is 0 Å². The molecule has 2 N–H and O–H groups in total. The minimum Gasteiger partial charge on any atom is -0.489 e. The monoisotopic (exact) mass is 341 g/mol. The van der Waals surface area contributed by atoms with E-state index < -0.39 is 5.97 Å². The molecule has 6 heteroatoms. The fourth-order valence-corrected chi connectivity index (χ4v) is 2.16. The van der Waals surface area contributed by atoms with Crippen LogP contribution in [0.25, 0.3) is 0 Å². The van der Waals surface area contributed by atoms with Crippen LogP contribution in [0.1, 0.15) is 39.1 Å². The number of benzene rings is 2. The van der Waals surface area contributed by atoms with Crippen LogP contribution in [-0.2, 0) is 11.4 Å². The smallest absolute Gasteiger partial charge is 0.303 e. The lowest BCUT2D eigenvalue weighted by molar-refractivity contribution is -0.137. The third kappa shape index (κ3) is 6.10. The Morgan fingerprint density at radius 1 is 1.12 bits per heavy atom. The average Bonchev–Trinajstić information content (AvgIpc) is 2.64. The molecule has 0 aliphatic rings. The molecule has 0 fully saturated rings. The molecule has 2 rings (SSSR count). The molecule has 6 nitrogen and oxygen atoms in total. The van der Waals surface area contributed by atoms with Crippen molar-refractivity contribution in [3.8, 4) is 5.75 Å². The van der Waals surface area contributed by atoms with Crippen LogP contribution in [-0.4, -0.2) is 29.8 Å². The number of aldehydes is 1. The highest BCUT2D eigenvalue weighted by Gasteiger charge is 2.07. The lowest BCUT2D eigenvalue weighted by Crippen LogP contribution is -2.25. The van der Waals surface area contributed by atoms with Gasteiger partial charge in [0.15, 0.2) is 0 Å². The van der Waals surface area contributed by atoms with Crippen molar-refractivity contribution in [3.05, 3.63) is 65.2 Å². The van der Waals surface area contributed by atoms with Crippen LogP contribution in [0.4, 0.5) is 0 Å². The highest BCUT2D eigenvalue weighted by Crippen LogP contribution is 2.14. The van der Waals surface area contributed by atoms with Crippen LogP contribution in [0.2, 0.25) is 0 Å². The van der Waals surface area contributed by atoms with Crippen LogP contribution >= 0.6 is 0 Å². The van der Waals surface area contributed by atoms with Crippen molar-refractivity contribution < 1.29 is 24.2 Å². The number of rotatable bonds is 9. The molecule has 0 bridgehead atoms. The molecule has 25 heavy (non-hydrogen) atoms. The normalized spacial score (nSPS) is 10.1. The zero-order chi connectivity index (χ0) is 18.1. The molecule has 0 aliphatic heterocycles. The number of nitrogens with one attached hydrogen (secondary N) is 1. The molecule has 2 aromatic carbocycles. The summed E-state index contributed by atoms with van der Waals surface area (Å²) in [6.07, 6.45) is 1.18. The molecule has 0 spiro atoms. The van der Waals surface area contributed by atoms with Gasteiger partial charge in [0.05, 0.1) is 0 Å². The number of carbonyl (C=O) groups is 3. The van der Waals surface area contributed by atoms with Crippen LogP contribution < -0.4 is 10.1 Å². The Hall–Kier alpha value is -3.15. The summed E-state index contributed by atoms with van der Waals surface area (Å²) in [5.74, 6) is -0.494. The fraction of sp³-hybridized carbons (Fsp3) is 0.211. The van der Waals surface area contributed by atoms with E-state index in [4.69, 9.17) is 9.84 Å². The summed E-state index contributed by atoms with van der Waals surface area (Å²) in [7, 11) is 0. The SMILES string of the molecule is O=Cc1ccc(OCc2cccc(C(=O)NCCCC(=O)O)c2)cc1. The number of carbonyl (C=O) groups excluding carboxylic acids is 2. The number of aliphatic carboxylic acids is 1. The summed E-state index contributed by atoms with van der Waals surface area (Å²) in [5.41, 5.74) is 1.90. The van der Waals surface area contributed by atoms with Crippen LogP contribution in [0.5, 0.6) is 5.75 Å². The van der Waals surface area contributed by atoms with E-state index in [9.17, 15) is 14.4 Å². The second-order valence-electron chi connectivity index (χ2n) is 5.43. The summed E-state index contributed by atoms with van der Waals surface area (Å²) in [6.45, 7) is 0.607. The topological polar surface area (TPSA) is 92.7 Å². The number of hydrogen-bond donors (Lipinski definition) is 2. The van der Waals surface area contributed by atoms with Crippen molar-refractivity contribution in [1.29, 1.82) is 0 Å². The predicted molar refractivity (Wildman–Crippen MR) is 91.8 cm³/mol. The Labute approximate surface area is 145 Å². The highest BCUT2D eigenvalue weighted by atomic mass is 16.5. The Balaban J connectivity index is 1.87. The molecule has 0 saturated heterocycles. The second kappa shape index (κ2) is 9.22. The first kappa shape index (κ1) is 18.2. The van der Waals surface area contributed by atoms with Crippen molar-refractivity contribution in [1.82, 2.24) is 5.32 Å². The molecule has 0 aromatic heterocycles. The molecule has 0 heterocycles. The quantitative estimate of drug-likeness (QED) is 0.540. The predicted octanol–water partition coefficient (Wildman–Crippen LogP) is 2.67. The van der Waals surface area contributed by atoms with E-state index >= 15 is 0 Å². The standard InChI is InChI=1S/C19H19NO5/c21-12-14-6-8-17(9-7-14)25-13-15-3-1-4-16(11-15)19(24)20-10-2-5-18(22)23/h1,3-4,6-9,11-12H,2,5,10,13H2,(H,20,24)(H,22,23). The molecule has 0 aliphatic carbocycles. The van der Waals surface area contributed by atoms with Gasteiger partial charge in [0.1, 0.15) is 18.6 Å². The third-order valence-electron chi connectivity index (χ3n) is 3.46. The van der Waals surface area contributed by atoms with Crippen LogP contribution in [0.15, 0.2) is 48.5 Å². The number of carboxylic acid groups (broad SMARTS) is 1. The van der Waals surface area contributed by atoms with Gasteiger partial charge < -0.3 is 15.2 Å². The van der Waals surface area contributed by atoms with Gasteiger partial charge in [-0.1, -0.05) is 12.1 Å². The number of hydrogen-bond acceptors (Lipinski definition) is 4. The first-order valence-electron chi connectivity index (χ1n) is 7.85. The maximum Gasteiger partial charge on any atom is 0.303 e. The van der Waals surface area contributed by atoms with Gasteiger partial charge >= 0.3 is 5.97 Å². The van der Waals surface area contributed by atoms with Gasteiger partial charge in [-0.05, 0) is 48.4 Å². The van der Waals surface area contributed by atoms with Gasteiger partial charge in [0, 0.05) is 24.1 Å². The maximum absolute atomic E-state index is 12.1. The van der Waals surface area contributed by atoms with Gasteiger partial charge in [-0.2, -0.15) is 0 Å². The van der Waals surface area contributed by atoms with Crippen molar-refractivity contribution in [2.75, 3.05) is 6.54 Å². The molecule has 0 unspecified atom stereocenters. The molecule has 0 saturated carbocycles. The maximum atomic E-state index is 12.1. The van der Waals surface area contributed by atoms with E-state index in [1.54, 1.807) is 42.5 Å². The van der Waals surface area contributed by atoms with Gasteiger partial charge in [0.25, 0.3) is 5.91 Å². The van der Waals surface area contributed by atoms with Gasteiger partial charge in [-0.3, -0.25) is 14.4 Å². The third-order valence-corrected chi connectivity index (χ3v) is 3.46. The Morgan fingerprint density at radius 2 is 1.88 bits per heavy atom. The van der Waals surface area contributed by atoms with Crippen molar-refractivity contribution in [2.24, 2.45) is 0 Å². The van der Waals surface area contributed by atoms with Crippen molar-refractivity contribution in [3.63, 3.8) is 0 Å². The van der Waals surface area contributed by atoms with Crippen molar-refractivity contribution in [2.45, 2.75) is 19.4 Å².